The number of carbonyl (C=O) groups is 2. The normalized spacial score (nSPS) is 41.6. The largest absolute Gasteiger partial charge is 0.328 e. The van der Waals surface area contributed by atoms with Crippen LogP contribution in [-0.4, -0.2) is 28.8 Å². The summed E-state index contributed by atoms with van der Waals surface area (Å²) < 4.78 is 0. The van der Waals surface area contributed by atoms with Crippen molar-refractivity contribution in [1.82, 2.24) is 4.90 Å². The zero-order chi connectivity index (χ0) is 13.5. The predicted octanol–water partition coefficient (Wildman–Crippen LogP) is 1.53. The highest BCUT2D eigenvalue weighted by molar-refractivity contribution is 6.05. The van der Waals surface area contributed by atoms with Gasteiger partial charge >= 0.3 is 0 Å². The van der Waals surface area contributed by atoms with E-state index in [1.165, 1.54) is 4.90 Å². The third-order valence-electron chi connectivity index (χ3n) is 5.03. The fourth-order valence-electron chi connectivity index (χ4n) is 3.23. The second kappa shape index (κ2) is 4.65. The molecule has 0 bridgehead atoms. The lowest BCUT2D eigenvalue weighted by Gasteiger charge is -2.44. The molecule has 0 aromatic heterocycles. The highest BCUT2D eigenvalue weighted by Gasteiger charge is 2.52. The van der Waals surface area contributed by atoms with Gasteiger partial charge in [-0.1, -0.05) is 20.8 Å². The smallest absolute Gasteiger partial charge is 0.233 e. The Hall–Kier alpha value is -0.900. The van der Waals surface area contributed by atoms with Gasteiger partial charge in [0, 0.05) is 18.4 Å². The van der Waals surface area contributed by atoms with Crippen LogP contribution in [0.2, 0.25) is 0 Å². The molecule has 102 valence electrons. The zero-order valence-corrected chi connectivity index (χ0v) is 11.6. The van der Waals surface area contributed by atoms with Crippen molar-refractivity contribution in [2.24, 2.45) is 23.5 Å². The van der Waals surface area contributed by atoms with Crippen LogP contribution in [-0.2, 0) is 9.59 Å². The Labute approximate surface area is 109 Å². The average molecular weight is 252 g/mol. The minimum Gasteiger partial charge on any atom is -0.328 e. The van der Waals surface area contributed by atoms with Crippen molar-refractivity contribution in [1.29, 1.82) is 0 Å². The fourth-order valence-corrected chi connectivity index (χ4v) is 3.23. The highest BCUT2D eigenvalue weighted by atomic mass is 16.2. The number of nitrogens with two attached hydrogens (primary N) is 1. The summed E-state index contributed by atoms with van der Waals surface area (Å²) in [7, 11) is 0. The molecule has 2 rings (SSSR count). The van der Waals surface area contributed by atoms with Gasteiger partial charge in [0.15, 0.2) is 0 Å². The summed E-state index contributed by atoms with van der Waals surface area (Å²) in [5.74, 6) is 0.243. The Morgan fingerprint density at radius 2 is 1.56 bits per heavy atom. The van der Waals surface area contributed by atoms with E-state index in [1.54, 1.807) is 0 Å². The zero-order valence-electron chi connectivity index (χ0n) is 11.6. The molecule has 0 aromatic rings. The molecule has 2 N–H and O–H groups in total. The van der Waals surface area contributed by atoms with Crippen LogP contribution in [0.5, 0.6) is 0 Å². The molecular weight excluding hydrogens is 228 g/mol. The first-order chi connectivity index (χ1) is 8.43. The summed E-state index contributed by atoms with van der Waals surface area (Å²) in [5.41, 5.74) is 5.53. The van der Waals surface area contributed by atoms with E-state index in [4.69, 9.17) is 5.73 Å². The number of hydrogen-bond acceptors (Lipinski definition) is 3. The second-order valence-corrected chi connectivity index (χ2v) is 6.20. The Morgan fingerprint density at radius 3 is 1.94 bits per heavy atom. The van der Waals surface area contributed by atoms with Crippen molar-refractivity contribution < 1.29 is 9.59 Å². The molecule has 2 atom stereocenters. The molecule has 18 heavy (non-hydrogen) atoms. The lowest BCUT2D eigenvalue weighted by Crippen LogP contribution is -2.58. The summed E-state index contributed by atoms with van der Waals surface area (Å²) in [4.78, 5) is 26.2. The minimum absolute atomic E-state index is 0.0208. The third-order valence-corrected chi connectivity index (χ3v) is 5.03. The number of imide groups is 1. The molecule has 1 saturated carbocycles. The molecule has 2 aliphatic rings. The quantitative estimate of drug-likeness (QED) is 0.758. The SMILES string of the molecule is CC1CCC(CN)(N2C(=O)C(C)C(C)C2=O)CC1. The van der Waals surface area contributed by atoms with Gasteiger partial charge in [-0.15, -0.1) is 0 Å². The molecule has 0 aromatic carbocycles. The molecular formula is C14H24N2O2. The Morgan fingerprint density at radius 1 is 1.11 bits per heavy atom. The molecule has 1 saturated heterocycles. The summed E-state index contributed by atoms with van der Waals surface area (Å²) in [6.45, 7) is 6.32. The average Bonchev–Trinajstić information content (AvgIpc) is 2.56. The van der Waals surface area contributed by atoms with E-state index in [1.807, 2.05) is 13.8 Å². The van der Waals surface area contributed by atoms with Crippen LogP contribution >= 0.6 is 0 Å². The van der Waals surface area contributed by atoms with Crippen LogP contribution in [0.15, 0.2) is 0 Å². The maximum absolute atomic E-state index is 12.3. The van der Waals surface area contributed by atoms with E-state index in [0.717, 1.165) is 25.7 Å². The van der Waals surface area contributed by atoms with Gasteiger partial charge in [0.05, 0.1) is 5.54 Å². The topological polar surface area (TPSA) is 63.4 Å². The second-order valence-electron chi connectivity index (χ2n) is 6.20. The van der Waals surface area contributed by atoms with Crippen LogP contribution < -0.4 is 5.73 Å². The van der Waals surface area contributed by atoms with Crippen molar-refractivity contribution in [2.75, 3.05) is 6.54 Å². The Bertz CT molecular complexity index is 339. The maximum atomic E-state index is 12.3. The summed E-state index contributed by atoms with van der Waals surface area (Å²) in [6, 6.07) is 0. The Balaban J connectivity index is 2.28. The van der Waals surface area contributed by atoms with E-state index in [-0.39, 0.29) is 23.7 Å². The van der Waals surface area contributed by atoms with Gasteiger partial charge in [0.25, 0.3) is 0 Å². The lowest BCUT2D eigenvalue weighted by atomic mass is 9.76. The summed E-state index contributed by atoms with van der Waals surface area (Å²) in [5, 5.41) is 0. The lowest BCUT2D eigenvalue weighted by molar-refractivity contribution is -0.148. The van der Waals surface area contributed by atoms with Crippen molar-refractivity contribution in [3.05, 3.63) is 0 Å². The Kier molecular flexibility index (Phi) is 3.49. The van der Waals surface area contributed by atoms with Crippen molar-refractivity contribution in [3.63, 3.8) is 0 Å². The van der Waals surface area contributed by atoms with Crippen LogP contribution in [0.3, 0.4) is 0 Å². The molecule has 2 unspecified atom stereocenters. The first kappa shape index (κ1) is 13.5. The molecule has 0 radical (unpaired) electrons. The van der Waals surface area contributed by atoms with Crippen molar-refractivity contribution in [2.45, 2.75) is 52.0 Å². The van der Waals surface area contributed by atoms with Gasteiger partial charge in [-0.3, -0.25) is 14.5 Å². The molecule has 2 amide bonds. The molecule has 1 heterocycles. The fraction of sp³-hybridized carbons (Fsp3) is 0.857. The van der Waals surface area contributed by atoms with E-state index in [9.17, 15) is 9.59 Å². The van der Waals surface area contributed by atoms with E-state index >= 15 is 0 Å². The molecule has 4 nitrogen and oxygen atoms in total. The number of likely N-dealkylation sites (tertiary alicyclic amines) is 1. The van der Waals surface area contributed by atoms with Crippen molar-refractivity contribution >= 4 is 11.8 Å². The molecule has 2 fully saturated rings. The van der Waals surface area contributed by atoms with Gasteiger partial charge in [-0.05, 0) is 31.6 Å². The van der Waals surface area contributed by atoms with Gasteiger partial charge in [0.2, 0.25) is 11.8 Å². The molecule has 1 aliphatic heterocycles. The van der Waals surface area contributed by atoms with Gasteiger partial charge in [0.1, 0.15) is 0 Å². The minimum atomic E-state index is -0.403. The van der Waals surface area contributed by atoms with Crippen LogP contribution in [0.1, 0.15) is 46.5 Å². The van der Waals surface area contributed by atoms with Gasteiger partial charge < -0.3 is 5.73 Å². The molecule has 1 aliphatic carbocycles. The van der Waals surface area contributed by atoms with Crippen LogP contribution in [0, 0.1) is 17.8 Å². The van der Waals surface area contributed by atoms with E-state index in [2.05, 4.69) is 6.92 Å². The van der Waals surface area contributed by atoms with E-state index in [0.29, 0.717) is 12.5 Å². The summed E-state index contributed by atoms with van der Waals surface area (Å²) >= 11 is 0. The standard InChI is InChI=1S/C14H24N2O2/c1-9-4-6-14(8-15,7-5-9)16-12(17)10(2)11(3)13(16)18/h9-11H,4-8,15H2,1-3H3. The number of hydrogen-bond donors (Lipinski definition) is 1. The number of rotatable bonds is 2. The number of amides is 2. The first-order valence-corrected chi connectivity index (χ1v) is 7.01. The number of carbonyl (C=O) groups excluding carboxylic acids is 2. The van der Waals surface area contributed by atoms with Crippen LogP contribution in [0.25, 0.3) is 0 Å². The maximum Gasteiger partial charge on any atom is 0.233 e. The predicted molar refractivity (Wildman–Crippen MR) is 69.6 cm³/mol. The number of nitrogens with zero attached hydrogens (tertiary/aromatic N) is 1. The van der Waals surface area contributed by atoms with Crippen molar-refractivity contribution in [3.8, 4) is 0 Å². The van der Waals surface area contributed by atoms with Gasteiger partial charge in [-0.25, -0.2) is 0 Å². The van der Waals surface area contributed by atoms with E-state index < -0.39 is 5.54 Å². The highest BCUT2D eigenvalue weighted by Crippen LogP contribution is 2.40. The first-order valence-electron chi connectivity index (χ1n) is 7.01. The summed E-state index contributed by atoms with van der Waals surface area (Å²) in [6.07, 6.45) is 3.83. The monoisotopic (exact) mass is 252 g/mol. The van der Waals surface area contributed by atoms with Crippen LogP contribution in [0.4, 0.5) is 0 Å². The molecule has 0 spiro atoms. The third kappa shape index (κ3) is 1.87. The molecule has 4 heteroatoms. The van der Waals surface area contributed by atoms with Gasteiger partial charge in [-0.2, -0.15) is 0 Å².